The van der Waals surface area contributed by atoms with Crippen molar-refractivity contribution in [3.05, 3.63) is 41.7 Å². The third-order valence-corrected chi connectivity index (χ3v) is 5.27. The van der Waals surface area contributed by atoms with Crippen LogP contribution in [0.5, 0.6) is 5.88 Å². The Kier molecular flexibility index (Phi) is 6.68. The van der Waals surface area contributed by atoms with E-state index in [9.17, 15) is 14.4 Å². The van der Waals surface area contributed by atoms with Crippen LogP contribution in [0.1, 0.15) is 41.7 Å². The molecule has 3 heterocycles. The van der Waals surface area contributed by atoms with Gasteiger partial charge in [-0.15, -0.1) is 0 Å². The maximum Gasteiger partial charge on any atom is 0.313 e. The van der Waals surface area contributed by atoms with Gasteiger partial charge in [-0.2, -0.15) is 0 Å². The SMILES string of the molecule is CNc1ccc([C@@H]2CC[C@@H](C)CN2C(=O)C(=O)Nc2cnc(OC)c(C(N)=O)c2)cn1. The van der Waals surface area contributed by atoms with Crippen molar-refractivity contribution in [1.29, 1.82) is 0 Å². The minimum Gasteiger partial charge on any atom is -0.480 e. The van der Waals surface area contributed by atoms with Crippen LogP contribution in [0.2, 0.25) is 0 Å². The summed E-state index contributed by atoms with van der Waals surface area (Å²) in [4.78, 5) is 47.2. The summed E-state index contributed by atoms with van der Waals surface area (Å²) < 4.78 is 4.99. The summed E-state index contributed by atoms with van der Waals surface area (Å²) in [6.45, 7) is 2.50. The number of methoxy groups -OCH3 is 1. The molecule has 2 aromatic rings. The van der Waals surface area contributed by atoms with E-state index >= 15 is 0 Å². The Balaban J connectivity index is 1.80. The Labute approximate surface area is 180 Å². The highest BCUT2D eigenvalue weighted by atomic mass is 16.5. The summed E-state index contributed by atoms with van der Waals surface area (Å²) in [6, 6.07) is 4.83. The van der Waals surface area contributed by atoms with Gasteiger partial charge in [0.25, 0.3) is 5.91 Å². The molecule has 2 atom stereocenters. The van der Waals surface area contributed by atoms with E-state index < -0.39 is 17.7 Å². The fourth-order valence-corrected chi connectivity index (χ4v) is 3.65. The highest BCUT2D eigenvalue weighted by molar-refractivity contribution is 6.39. The lowest BCUT2D eigenvalue weighted by Crippen LogP contribution is -2.46. The Bertz CT molecular complexity index is 978. The number of hydrogen-bond donors (Lipinski definition) is 3. The van der Waals surface area contributed by atoms with Crippen molar-refractivity contribution in [3.63, 3.8) is 0 Å². The highest BCUT2D eigenvalue weighted by Gasteiger charge is 2.34. The molecule has 1 aliphatic rings. The smallest absolute Gasteiger partial charge is 0.313 e. The molecule has 31 heavy (non-hydrogen) atoms. The van der Waals surface area contributed by atoms with Crippen LogP contribution in [0.25, 0.3) is 0 Å². The number of anilines is 2. The lowest BCUT2D eigenvalue weighted by atomic mass is 9.90. The fourth-order valence-electron chi connectivity index (χ4n) is 3.65. The van der Waals surface area contributed by atoms with Crippen LogP contribution >= 0.6 is 0 Å². The quantitative estimate of drug-likeness (QED) is 0.617. The van der Waals surface area contributed by atoms with Crippen LogP contribution in [-0.2, 0) is 9.59 Å². The average molecular weight is 426 g/mol. The van der Waals surface area contributed by atoms with Gasteiger partial charge in [0.2, 0.25) is 5.88 Å². The van der Waals surface area contributed by atoms with Gasteiger partial charge in [-0.3, -0.25) is 14.4 Å². The zero-order chi connectivity index (χ0) is 22.5. The Morgan fingerprint density at radius 3 is 2.58 bits per heavy atom. The number of nitrogens with zero attached hydrogens (tertiary/aromatic N) is 3. The van der Waals surface area contributed by atoms with E-state index in [4.69, 9.17) is 10.5 Å². The zero-order valence-electron chi connectivity index (χ0n) is 17.7. The molecule has 164 valence electrons. The summed E-state index contributed by atoms with van der Waals surface area (Å²) in [5.74, 6) is -1.21. The number of aromatic nitrogens is 2. The van der Waals surface area contributed by atoms with Crippen LogP contribution in [0.3, 0.4) is 0 Å². The average Bonchev–Trinajstić information content (AvgIpc) is 2.78. The standard InChI is InChI=1S/C21H26N6O4/c1-12-4-6-16(13-5-7-17(23-2)24-9-13)27(11-12)21(30)19(29)26-14-8-15(18(22)28)20(31-3)25-10-14/h5,7-10,12,16H,4,6,11H2,1-3H3,(H2,22,28)(H,23,24)(H,26,29)/t12-,16+/m1/s1. The molecule has 4 N–H and O–H groups in total. The monoisotopic (exact) mass is 426 g/mol. The lowest BCUT2D eigenvalue weighted by molar-refractivity contribution is -0.146. The fraction of sp³-hybridized carbons (Fsp3) is 0.381. The second-order valence-corrected chi connectivity index (χ2v) is 7.48. The maximum atomic E-state index is 13.0. The van der Waals surface area contributed by atoms with E-state index in [1.54, 1.807) is 18.1 Å². The molecule has 2 aromatic heterocycles. The molecule has 1 aliphatic heterocycles. The minimum absolute atomic E-state index is 0.00733. The zero-order valence-corrected chi connectivity index (χ0v) is 17.7. The molecule has 0 spiro atoms. The summed E-state index contributed by atoms with van der Waals surface area (Å²) in [6.07, 6.45) is 4.69. The van der Waals surface area contributed by atoms with E-state index in [0.717, 1.165) is 24.2 Å². The number of likely N-dealkylation sites (tertiary alicyclic amines) is 1. The lowest BCUT2D eigenvalue weighted by Gasteiger charge is -2.38. The minimum atomic E-state index is -0.818. The van der Waals surface area contributed by atoms with E-state index in [0.29, 0.717) is 6.54 Å². The Hall–Kier alpha value is -3.69. The van der Waals surface area contributed by atoms with Crippen molar-refractivity contribution in [2.24, 2.45) is 11.7 Å². The van der Waals surface area contributed by atoms with Crippen molar-refractivity contribution in [2.75, 3.05) is 31.3 Å². The molecule has 0 saturated carbocycles. The molecule has 10 nitrogen and oxygen atoms in total. The molecular weight excluding hydrogens is 400 g/mol. The normalized spacial score (nSPS) is 18.2. The van der Waals surface area contributed by atoms with Crippen molar-refractivity contribution < 1.29 is 19.1 Å². The molecule has 3 rings (SSSR count). The number of ether oxygens (including phenoxy) is 1. The molecule has 0 aromatic carbocycles. The molecule has 0 radical (unpaired) electrons. The van der Waals surface area contributed by atoms with Gasteiger partial charge in [-0.1, -0.05) is 13.0 Å². The summed E-state index contributed by atoms with van der Waals surface area (Å²) >= 11 is 0. The number of rotatable bonds is 5. The van der Waals surface area contributed by atoms with Gasteiger partial charge in [-0.05, 0) is 36.5 Å². The first kappa shape index (κ1) is 22.0. The third kappa shape index (κ3) is 4.90. The van der Waals surface area contributed by atoms with E-state index in [-0.39, 0.29) is 29.1 Å². The second-order valence-electron chi connectivity index (χ2n) is 7.48. The topological polar surface area (TPSA) is 140 Å². The first-order chi connectivity index (χ1) is 14.8. The van der Waals surface area contributed by atoms with Crippen molar-refractivity contribution in [3.8, 4) is 5.88 Å². The van der Waals surface area contributed by atoms with Crippen LogP contribution in [0.15, 0.2) is 30.6 Å². The van der Waals surface area contributed by atoms with Gasteiger partial charge < -0.3 is 26.0 Å². The van der Waals surface area contributed by atoms with Gasteiger partial charge in [-0.25, -0.2) is 9.97 Å². The van der Waals surface area contributed by atoms with Gasteiger partial charge in [0.15, 0.2) is 0 Å². The maximum absolute atomic E-state index is 13.0. The molecule has 3 amide bonds. The number of hydrogen-bond acceptors (Lipinski definition) is 7. The highest BCUT2D eigenvalue weighted by Crippen LogP contribution is 2.33. The summed E-state index contributed by atoms with van der Waals surface area (Å²) in [5.41, 5.74) is 6.38. The first-order valence-corrected chi connectivity index (χ1v) is 9.93. The molecule has 1 saturated heterocycles. The Morgan fingerprint density at radius 1 is 1.19 bits per heavy atom. The molecule has 10 heteroatoms. The summed E-state index contributed by atoms with van der Waals surface area (Å²) in [7, 11) is 3.13. The first-order valence-electron chi connectivity index (χ1n) is 9.93. The van der Waals surface area contributed by atoms with Gasteiger partial charge in [0.1, 0.15) is 11.4 Å². The largest absolute Gasteiger partial charge is 0.480 e. The molecule has 0 unspecified atom stereocenters. The number of pyridine rings is 2. The van der Waals surface area contributed by atoms with Crippen LogP contribution in [-0.4, -0.2) is 53.3 Å². The van der Waals surface area contributed by atoms with E-state index in [1.165, 1.54) is 19.4 Å². The van der Waals surface area contributed by atoms with Crippen LogP contribution in [0, 0.1) is 5.92 Å². The molecule has 1 fully saturated rings. The second kappa shape index (κ2) is 9.41. The van der Waals surface area contributed by atoms with E-state index in [2.05, 4.69) is 20.6 Å². The van der Waals surface area contributed by atoms with Crippen molar-refractivity contribution in [1.82, 2.24) is 14.9 Å². The van der Waals surface area contributed by atoms with Crippen LogP contribution < -0.4 is 21.1 Å². The Morgan fingerprint density at radius 2 is 1.97 bits per heavy atom. The molecule has 0 aliphatic carbocycles. The molecule has 0 bridgehead atoms. The van der Waals surface area contributed by atoms with E-state index in [1.807, 2.05) is 19.1 Å². The number of piperidine rings is 1. The number of primary amides is 1. The molecular formula is C21H26N6O4. The third-order valence-electron chi connectivity index (χ3n) is 5.27. The van der Waals surface area contributed by atoms with Gasteiger partial charge in [0.05, 0.1) is 25.0 Å². The number of amides is 3. The number of carbonyl (C=O) groups excluding carboxylic acids is 3. The van der Waals surface area contributed by atoms with Crippen molar-refractivity contribution >= 4 is 29.2 Å². The van der Waals surface area contributed by atoms with Crippen molar-refractivity contribution in [2.45, 2.75) is 25.8 Å². The number of carbonyl (C=O) groups is 3. The van der Waals surface area contributed by atoms with Crippen LogP contribution in [0.4, 0.5) is 11.5 Å². The predicted octanol–water partition coefficient (Wildman–Crippen LogP) is 1.56. The predicted molar refractivity (Wildman–Crippen MR) is 115 cm³/mol. The number of nitrogens with one attached hydrogen (secondary N) is 2. The van der Waals surface area contributed by atoms with Gasteiger partial charge >= 0.3 is 11.8 Å². The van der Waals surface area contributed by atoms with Gasteiger partial charge in [0, 0.05) is 19.8 Å². The summed E-state index contributed by atoms with van der Waals surface area (Å²) in [5, 5.41) is 5.47. The number of nitrogens with two attached hydrogens (primary N) is 1.